The maximum absolute atomic E-state index is 6.20. The number of fused-ring (bicyclic) bond motifs is 1. The number of nitrogens with two attached hydrogens (primary N) is 1. The number of hydrogen-bond acceptors (Lipinski definition) is 5. The molecule has 1 saturated heterocycles. The van der Waals surface area contributed by atoms with Crippen molar-refractivity contribution >= 4 is 42.7 Å². The third-order valence-corrected chi connectivity index (χ3v) is 5.74. The van der Waals surface area contributed by atoms with E-state index in [2.05, 4.69) is 42.1 Å². The van der Waals surface area contributed by atoms with Gasteiger partial charge in [0.15, 0.2) is 0 Å². The Hall–Kier alpha value is -1.11. The molecule has 3 heterocycles. The zero-order chi connectivity index (χ0) is 15.7. The molecule has 1 aliphatic heterocycles. The average Bonchev–Trinajstić information content (AvgIpc) is 2.93. The van der Waals surface area contributed by atoms with Gasteiger partial charge in [-0.2, -0.15) is 0 Å². The molecule has 0 aromatic carbocycles. The Balaban J connectivity index is 1.68. The fraction of sp³-hybridized carbons (Fsp3) is 0.562. The van der Waals surface area contributed by atoms with E-state index in [0.717, 1.165) is 42.8 Å². The number of anilines is 2. The Morgan fingerprint density at radius 3 is 2.77 bits per heavy atom. The van der Waals surface area contributed by atoms with Gasteiger partial charge in [0, 0.05) is 19.2 Å². The summed E-state index contributed by atoms with van der Waals surface area (Å²) in [7, 11) is 0.567. The van der Waals surface area contributed by atoms with Crippen molar-refractivity contribution in [2.45, 2.75) is 44.8 Å². The molecule has 0 unspecified atom stereocenters. The molecule has 0 spiro atoms. The van der Waals surface area contributed by atoms with Crippen molar-refractivity contribution in [3.8, 4) is 0 Å². The molecule has 6 heteroatoms. The molecule has 1 fully saturated rings. The summed E-state index contributed by atoms with van der Waals surface area (Å²) in [6.07, 6.45) is 4.30. The Kier molecular flexibility index (Phi) is 4.43. The quantitative estimate of drug-likeness (QED) is 0.870. The van der Waals surface area contributed by atoms with Crippen molar-refractivity contribution in [2.24, 2.45) is 0 Å². The van der Waals surface area contributed by atoms with E-state index in [0.29, 0.717) is 15.9 Å². The van der Waals surface area contributed by atoms with Crippen molar-refractivity contribution in [3.05, 3.63) is 17.6 Å². The fourth-order valence-electron chi connectivity index (χ4n) is 2.70. The smallest absolute Gasteiger partial charge is 0.236 e. The minimum absolute atomic E-state index is 0.260. The van der Waals surface area contributed by atoms with Gasteiger partial charge in [-0.1, -0.05) is 20.8 Å². The van der Waals surface area contributed by atoms with Crippen molar-refractivity contribution in [1.82, 2.24) is 4.98 Å². The Morgan fingerprint density at radius 2 is 2.09 bits per heavy atom. The summed E-state index contributed by atoms with van der Waals surface area (Å²) in [4.78, 5) is 6.80. The molecule has 2 N–H and O–H groups in total. The van der Waals surface area contributed by atoms with Crippen LogP contribution >= 0.6 is 11.3 Å². The van der Waals surface area contributed by atoms with Gasteiger partial charge in [-0.05, 0) is 29.3 Å². The molecular formula is C16H23N3OSSi. The predicted octanol–water partition coefficient (Wildman–Crippen LogP) is 3.70. The number of aromatic nitrogens is 1. The summed E-state index contributed by atoms with van der Waals surface area (Å²) >= 11 is 1.72. The monoisotopic (exact) mass is 333 g/mol. The van der Waals surface area contributed by atoms with E-state index in [1.165, 1.54) is 4.70 Å². The normalized spacial score (nSPS) is 17.3. The van der Waals surface area contributed by atoms with Gasteiger partial charge in [-0.3, -0.25) is 4.98 Å². The summed E-state index contributed by atoms with van der Waals surface area (Å²) in [5.74, 6) is 0. The van der Waals surface area contributed by atoms with Crippen LogP contribution in [0.25, 0.3) is 10.2 Å². The summed E-state index contributed by atoms with van der Waals surface area (Å²) in [6.45, 7) is 8.68. The second-order valence-electron chi connectivity index (χ2n) is 6.85. The fourth-order valence-corrected chi connectivity index (χ4v) is 4.39. The van der Waals surface area contributed by atoms with Gasteiger partial charge in [0.1, 0.15) is 0 Å². The van der Waals surface area contributed by atoms with E-state index in [4.69, 9.17) is 10.2 Å². The van der Waals surface area contributed by atoms with Crippen molar-refractivity contribution in [2.75, 3.05) is 23.7 Å². The first-order chi connectivity index (χ1) is 10.4. The largest absolute Gasteiger partial charge is 0.414 e. The topological polar surface area (TPSA) is 51.4 Å². The van der Waals surface area contributed by atoms with Gasteiger partial charge in [-0.25, -0.2) is 0 Å². The molecule has 3 rings (SSSR count). The second-order valence-corrected chi connectivity index (χ2v) is 9.71. The lowest BCUT2D eigenvalue weighted by Gasteiger charge is -2.35. The highest BCUT2D eigenvalue weighted by Gasteiger charge is 2.25. The lowest BCUT2D eigenvalue weighted by atomic mass is 10.1. The van der Waals surface area contributed by atoms with Crippen molar-refractivity contribution in [3.63, 3.8) is 0 Å². The number of nitrogens with zero attached hydrogens (tertiary/aromatic N) is 2. The van der Waals surface area contributed by atoms with Crippen molar-refractivity contribution in [1.29, 1.82) is 0 Å². The lowest BCUT2D eigenvalue weighted by molar-refractivity contribution is 0.172. The third-order valence-electron chi connectivity index (χ3n) is 3.77. The number of rotatable bonds is 3. The highest BCUT2D eigenvalue weighted by atomic mass is 32.1. The Labute approximate surface area is 138 Å². The van der Waals surface area contributed by atoms with Gasteiger partial charge in [0.2, 0.25) is 9.76 Å². The van der Waals surface area contributed by atoms with Crippen LogP contribution in [0.5, 0.6) is 0 Å². The van der Waals surface area contributed by atoms with Gasteiger partial charge in [-0.15, -0.1) is 11.3 Å². The highest BCUT2D eigenvalue weighted by Crippen LogP contribution is 2.36. The van der Waals surface area contributed by atoms with Gasteiger partial charge in [0.05, 0.1) is 27.8 Å². The first-order valence-corrected chi connectivity index (χ1v) is 9.52. The highest BCUT2D eigenvalue weighted by molar-refractivity contribution is 7.17. The molecule has 0 saturated carbocycles. The molecule has 22 heavy (non-hydrogen) atoms. The molecule has 4 nitrogen and oxygen atoms in total. The first kappa shape index (κ1) is 15.8. The zero-order valence-electron chi connectivity index (χ0n) is 13.4. The second kappa shape index (κ2) is 6.18. The summed E-state index contributed by atoms with van der Waals surface area (Å²) < 4.78 is 7.30. The van der Waals surface area contributed by atoms with Crippen molar-refractivity contribution < 1.29 is 4.43 Å². The van der Waals surface area contributed by atoms with Gasteiger partial charge in [0.25, 0.3) is 0 Å². The van der Waals surface area contributed by atoms with Gasteiger partial charge >= 0.3 is 0 Å². The van der Waals surface area contributed by atoms with E-state index in [9.17, 15) is 0 Å². The van der Waals surface area contributed by atoms with Crippen LogP contribution in [0, 0.1) is 0 Å². The molecule has 2 aromatic rings. The molecule has 118 valence electrons. The van der Waals surface area contributed by atoms with Crippen LogP contribution in [0.15, 0.2) is 17.6 Å². The lowest BCUT2D eigenvalue weighted by Crippen LogP contribution is -2.38. The molecule has 1 aliphatic rings. The van der Waals surface area contributed by atoms with E-state index < -0.39 is 0 Å². The zero-order valence-corrected chi connectivity index (χ0v) is 15.2. The number of hydrogen-bond donors (Lipinski definition) is 1. The maximum Gasteiger partial charge on any atom is 0.236 e. The molecule has 0 atom stereocenters. The predicted molar refractivity (Wildman–Crippen MR) is 95.8 cm³/mol. The van der Waals surface area contributed by atoms with E-state index in [1.54, 1.807) is 17.5 Å². The van der Waals surface area contributed by atoms with Crippen LogP contribution < -0.4 is 10.6 Å². The van der Waals surface area contributed by atoms with E-state index >= 15 is 0 Å². The number of nitrogen functional groups attached to an aromatic ring is 1. The van der Waals surface area contributed by atoms with Crippen LogP contribution in [-0.2, 0) is 4.43 Å². The van der Waals surface area contributed by atoms with Crippen LogP contribution in [0.1, 0.15) is 33.6 Å². The molecule has 0 bridgehead atoms. The van der Waals surface area contributed by atoms with E-state index in [-0.39, 0.29) is 5.04 Å². The average molecular weight is 334 g/mol. The van der Waals surface area contributed by atoms with E-state index in [1.807, 2.05) is 0 Å². The van der Waals surface area contributed by atoms with Crippen LogP contribution in [-0.4, -0.2) is 33.9 Å². The van der Waals surface area contributed by atoms with Crippen LogP contribution in [0.3, 0.4) is 0 Å². The summed E-state index contributed by atoms with van der Waals surface area (Å²) in [5.41, 5.74) is 9.19. The number of thiophene rings is 1. The number of piperidine rings is 1. The summed E-state index contributed by atoms with van der Waals surface area (Å²) in [5, 5.41) is 2.34. The minimum atomic E-state index is 0.260. The standard InChI is InChI=1S/C16H23N3OSSi/c1-16(2,3)22-20-11-4-7-19(8-5-11)14-12(17)10-18-13-6-9-21-15(13)14/h6,9-11H,4-5,7-8,17H2,1-3H3. The maximum atomic E-state index is 6.20. The third kappa shape index (κ3) is 3.44. The molecule has 2 radical (unpaired) electrons. The summed E-state index contributed by atoms with van der Waals surface area (Å²) in [6, 6.07) is 2.06. The SMILES string of the molecule is CC(C)(C)[Si]OC1CCN(c2c(N)cnc3ccsc23)CC1. The first-order valence-electron chi connectivity index (χ1n) is 7.73. The molecule has 0 amide bonds. The Morgan fingerprint density at radius 1 is 1.36 bits per heavy atom. The Bertz CT molecular complexity index is 644. The van der Waals surface area contributed by atoms with Gasteiger partial charge < -0.3 is 15.1 Å². The molecule has 2 aromatic heterocycles. The van der Waals surface area contributed by atoms with Crippen LogP contribution in [0.2, 0.25) is 5.04 Å². The molecular weight excluding hydrogens is 310 g/mol. The van der Waals surface area contributed by atoms with Crippen LogP contribution in [0.4, 0.5) is 11.4 Å². The number of pyridine rings is 1. The molecule has 0 aliphatic carbocycles. The minimum Gasteiger partial charge on any atom is -0.414 e.